The largest absolute Gasteiger partial charge is 0.391 e. The van der Waals surface area contributed by atoms with E-state index in [4.69, 9.17) is 0 Å². The molecule has 0 aromatic carbocycles. The fourth-order valence-electron chi connectivity index (χ4n) is 1.61. The molecule has 0 radical (unpaired) electrons. The third-order valence-electron chi connectivity index (χ3n) is 2.73. The Morgan fingerprint density at radius 2 is 2.20 bits per heavy atom. The smallest absolute Gasteiger partial charge is 0.0718 e. The Bertz CT molecular complexity index is 116. The van der Waals surface area contributed by atoms with Gasteiger partial charge in [0, 0.05) is 5.54 Å². The summed E-state index contributed by atoms with van der Waals surface area (Å²) >= 11 is 0. The predicted molar refractivity (Wildman–Crippen MR) is 41.9 cm³/mol. The van der Waals surface area contributed by atoms with Crippen LogP contribution >= 0.6 is 0 Å². The van der Waals surface area contributed by atoms with E-state index in [9.17, 15) is 5.11 Å². The summed E-state index contributed by atoms with van der Waals surface area (Å²) in [4.78, 5) is 0. The van der Waals surface area contributed by atoms with Crippen LogP contribution in [0.4, 0.5) is 0 Å². The normalized spacial score (nSPS) is 41.7. The Kier molecular flexibility index (Phi) is 2.32. The van der Waals surface area contributed by atoms with Gasteiger partial charge < -0.3 is 10.4 Å². The predicted octanol–water partition coefficient (Wildman–Crippen LogP) is 0.899. The molecule has 1 aliphatic rings. The third kappa shape index (κ3) is 1.32. The molecule has 2 nitrogen and oxygen atoms in total. The van der Waals surface area contributed by atoms with Gasteiger partial charge in [-0.25, -0.2) is 0 Å². The van der Waals surface area contributed by atoms with Crippen LogP contribution < -0.4 is 5.32 Å². The Morgan fingerprint density at radius 1 is 1.50 bits per heavy atom. The van der Waals surface area contributed by atoms with Crippen LogP contribution in [0.5, 0.6) is 0 Å². The van der Waals surface area contributed by atoms with Gasteiger partial charge in [0.05, 0.1) is 6.10 Å². The Morgan fingerprint density at radius 3 is 2.60 bits per heavy atom. The summed E-state index contributed by atoms with van der Waals surface area (Å²) in [5.41, 5.74) is -0.0156. The first-order valence-electron chi connectivity index (χ1n) is 4.06. The number of nitrogens with one attached hydrogen (secondary N) is 1. The lowest BCUT2D eigenvalue weighted by Gasteiger charge is -2.38. The first-order valence-corrected chi connectivity index (χ1v) is 4.06. The van der Waals surface area contributed by atoms with Crippen molar-refractivity contribution < 1.29 is 5.11 Å². The number of hydrogen-bond donors (Lipinski definition) is 2. The molecule has 60 valence electrons. The van der Waals surface area contributed by atoms with Gasteiger partial charge in [0.15, 0.2) is 0 Å². The van der Waals surface area contributed by atoms with Gasteiger partial charge in [0.2, 0.25) is 0 Å². The van der Waals surface area contributed by atoms with Crippen molar-refractivity contribution in [2.75, 3.05) is 7.05 Å². The summed E-state index contributed by atoms with van der Waals surface area (Å²) in [6, 6.07) is 0. The average molecular weight is 143 g/mol. The van der Waals surface area contributed by atoms with Gasteiger partial charge in [-0.15, -0.1) is 0 Å². The second-order valence-corrected chi connectivity index (χ2v) is 3.43. The fourth-order valence-corrected chi connectivity index (χ4v) is 1.61. The number of likely N-dealkylation sites (N-methyl/N-ethyl adjacent to an activating group) is 1. The van der Waals surface area contributed by atoms with Crippen LogP contribution in [0.15, 0.2) is 0 Å². The maximum atomic E-state index is 9.57. The molecule has 0 aromatic heterocycles. The Labute approximate surface area is 62.6 Å². The van der Waals surface area contributed by atoms with Crippen LogP contribution in [-0.2, 0) is 0 Å². The average Bonchev–Trinajstić information content (AvgIpc) is 1.96. The van der Waals surface area contributed by atoms with Gasteiger partial charge in [0.1, 0.15) is 0 Å². The van der Waals surface area contributed by atoms with Gasteiger partial charge >= 0.3 is 0 Å². The molecule has 0 aromatic rings. The molecule has 1 saturated carbocycles. The van der Waals surface area contributed by atoms with E-state index in [-0.39, 0.29) is 11.6 Å². The fraction of sp³-hybridized carbons (Fsp3) is 1.00. The SMILES string of the molecule is CNC1(C)CCCCC1O. The highest BCUT2D eigenvalue weighted by Gasteiger charge is 2.33. The lowest BCUT2D eigenvalue weighted by atomic mass is 9.81. The molecule has 2 N–H and O–H groups in total. The van der Waals surface area contributed by atoms with Crippen molar-refractivity contribution >= 4 is 0 Å². The molecule has 1 rings (SSSR count). The van der Waals surface area contributed by atoms with Crippen molar-refractivity contribution in [3.63, 3.8) is 0 Å². The maximum Gasteiger partial charge on any atom is 0.0718 e. The van der Waals surface area contributed by atoms with Gasteiger partial charge in [-0.1, -0.05) is 12.8 Å². The lowest BCUT2D eigenvalue weighted by molar-refractivity contribution is 0.0387. The number of aliphatic hydroxyl groups excluding tert-OH is 1. The number of hydrogen-bond acceptors (Lipinski definition) is 2. The highest BCUT2D eigenvalue weighted by atomic mass is 16.3. The summed E-state index contributed by atoms with van der Waals surface area (Å²) in [5, 5.41) is 12.7. The summed E-state index contributed by atoms with van der Waals surface area (Å²) in [7, 11) is 1.93. The zero-order valence-electron chi connectivity index (χ0n) is 6.85. The van der Waals surface area contributed by atoms with Crippen LogP contribution in [-0.4, -0.2) is 23.8 Å². The molecule has 2 unspecified atom stereocenters. The molecule has 0 saturated heterocycles. The minimum absolute atomic E-state index is 0.0156. The van der Waals surface area contributed by atoms with Gasteiger partial charge in [-0.2, -0.15) is 0 Å². The van der Waals surface area contributed by atoms with E-state index in [0.29, 0.717) is 0 Å². The summed E-state index contributed by atoms with van der Waals surface area (Å²) < 4.78 is 0. The van der Waals surface area contributed by atoms with Crippen LogP contribution in [0.2, 0.25) is 0 Å². The van der Waals surface area contributed by atoms with Crippen LogP contribution in [0, 0.1) is 0 Å². The monoisotopic (exact) mass is 143 g/mol. The van der Waals surface area contributed by atoms with Crippen molar-refractivity contribution in [3.8, 4) is 0 Å². The van der Waals surface area contributed by atoms with Crippen molar-refractivity contribution in [3.05, 3.63) is 0 Å². The Hall–Kier alpha value is -0.0800. The molecule has 0 heterocycles. The second kappa shape index (κ2) is 2.89. The molecule has 0 spiro atoms. The minimum atomic E-state index is -0.147. The zero-order valence-corrected chi connectivity index (χ0v) is 6.85. The van der Waals surface area contributed by atoms with Crippen molar-refractivity contribution in [1.82, 2.24) is 5.32 Å². The maximum absolute atomic E-state index is 9.57. The molecule has 0 bridgehead atoms. The third-order valence-corrected chi connectivity index (χ3v) is 2.73. The highest BCUT2D eigenvalue weighted by molar-refractivity contribution is 4.92. The number of rotatable bonds is 1. The minimum Gasteiger partial charge on any atom is -0.391 e. The van der Waals surface area contributed by atoms with Crippen molar-refractivity contribution in [2.45, 2.75) is 44.2 Å². The van der Waals surface area contributed by atoms with Crippen molar-refractivity contribution in [1.29, 1.82) is 0 Å². The van der Waals surface area contributed by atoms with Crippen molar-refractivity contribution in [2.24, 2.45) is 0 Å². The Balaban J connectivity index is 2.54. The molecule has 0 amide bonds. The first kappa shape index (κ1) is 8.02. The number of aliphatic hydroxyl groups is 1. The quantitative estimate of drug-likeness (QED) is 0.571. The molecular weight excluding hydrogens is 126 g/mol. The summed E-state index contributed by atoms with van der Waals surface area (Å²) in [6.07, 6.45) is 4.33. The van der Waals surface area contributed by atoms with E-state index < -0.39 is 0 Å². The zero-order chi connectivity index (χ0) is 7.61. The van der Waals surface area contributed by atoms with Crippen LogP contribution in [0.25, 0.3) is 0 Å². The van der Waals surface area contributed by atoms with E-state index in [1.54, 1.807) is 0 Å². The topological polar surface area (TPSA) is 32.3 Å². The van der Waals surface area contributed by atoms with Crippen LogP contribution in [0.3, 0.4) is 0 Å². The molecule has 10 heavy (non-hydrogen) atoms. The molecule has 1 fully saturated rings. The summed E-state index contributed by atoms with van der Waals surface area (Å²) in [5.74, 6) is 0. The molecular formula is C8H17NO. The summed E-state index contributed by atoms with van der Waals surface area (Å²) in [6.45, 7) is 2.09. The van der Waals surface area contributed by atoms with E-state index >= 15 is 0 Å². The first-order chi connectivity index (χ1) is 4.69. The van der Waals surface area contributed by atoms with E-state index in [2.05, 4.69) is 12.2 Å². The van der Waals surface area contributed by atoms with Crippen LogP contribution in [0.1, 0.15) is 32.6 Å². The molecule has 2 atom stereocenters. The van der Waals surface area contributed by atoms with Gasteiger partial charge in [-0.3, -0.25) is 0 Å². The van der Waals surface area contributed by atoms with Gasteiger partial charge in [0.25, 0.3) is 0 Å². The second-order valence-electron chi connectivity index (χ2n) is 3.43. The van der Waals surface area contributed by atoms with Gasteiger partial charge in [-0.05, 0) is 26.8 Å². The van der Waals surface area contributed by atoms with E-state index in [0.717, 1.165) is 12.8 Å². The lowest BCUT2D eigenvalue weighted by Crippen LogP contribution is -2.52. The highest BCUT2D eigenvalue weighted by Crippen LogP contribution is 2.27. The standard InChI is InChI=1S/C8H17NO/c1-8(9-2)6-4-3-5-7(8)10/h7,9-10H,3-6H2,1-2H3. The van der Waals surface area contributed by atoms with E-state index in [1.165, 1.54) is 12.8 Å². The molecule has 2 heteroatoms. The van der Waals surface area contributed by atoms with E-state index in [1.807, 2.05) is 7.05 Å². The molecule has 0 aliphatic heterocycles. The molecule has 1 aliphatic carbocycles.